The number of thiocarbonyl (C=S) groups is 1. The smallest absolute Gasteiger partial charge is 0.325 e. The first kappa shape index (κ1) is 17.5. The van der Waals surface area contributed by atoms with E-state index in [0.717, 1.165) is 6.20 Å². The first-order valence-electron chi connectivity index (χ1n) is 6.53. The zero-order valence-corrected chi connectivity index (χ0v) is 12.4. The minimum atomic E-state index is -1.56. The zero-order chi connectivity index (χ0) is 17.1. The molecular weight excluding hydrogens is 332 g/mol. The fourth-order valence-electron chi connectivity index (χ4n) is 2.07. The van der Waals surface area contributed by atoms with E-state index in [-0.39, 0.29) is 10.8 Å². The summed E-state index contributed by atoms with van der Waals surface area (Å²) in [6.07, 6.45) is -4.53. The summed E-state index contributed by atoms with van der Waals surface area (Å²) in [5, 5.41) is 43.3. The van der Waals surface area contributed by atoms with Crippen molar-refractivity contribution in [2.75, 3.05) is 11.9 Å². The second-order valence-electron chi connectivity index (χ2n) is 4.84. The molecule has 5 atom stereocenters. The molecule has 1 aliphatic rings. The molecule has 23 heavy (non-hydrogen) atoms. The van der Waals surface area contributed by atoms with Crippen LogP contribution in [0.4, 0.5) is 5.69 Å². The predicted octanol–water partition coefficient (Wildman–Crippen LogP) is -3.85. The molecule has 0 aliphatic carbocycles. The van der Waals surface area contributed by atoms with Crippen LogP contribution < -0.4 is 21.9 Å². The van der Waals surface area contributed by atoms with E-state index in [2.05, 4.69) is 15.6 Å². The molecule has 1 aromatic rings. The molecule has 11 nitrogen and oxygen atoms in total. The fraction of sp³-hybridized carbons (Fsp3) is 0.545. The van der Waals surface area contributed by atoms with Crippen molar-refractivity contribution in [3.05, 3.63) is 27.0 Å². The highest BCUT2D eigenvalue weighted by Crippen LogP contribution is 2.19. The molecule has 0 radical (unpaired) electrons. The highest BCUT2D eigenvalue weighted by atomic mass is 32.1. The summed E-state index contributed by atoms with van der Waals surface area (Å²) >= 11 is 4.94. The van der Waals surface area contributed by atoms with Gasteiger partial charge in [0.15, 0.2) is 11.4 Å². The molecule has 128 valence electrons. The Morgan fingerprint density at radius 2 is 2.00 bits per heavy atom. The van der Waals surface area contributed by atoms with Crippen LogP contribution in [0.15, 0.2) is 15.8 Å². The molecule has 1 saturated heterocycles. The Hall–Kier alpha value is -1.83. The van der Waals surface area contributed by atoms with Gasteiger partial charge in [-0.3, -0.25) is 9.78 Å². The average Bonchev–Trinajstić information content (AvgIpc) is 2.50. The monoisotopic (exact) mass is 348 g/mol. The largest absolute Gasteiger partial charge is 0.394 e. The van der Waals surface area contributed by atoms with Gasteiger partial charge in [0.1, 0.15) is 30.0 Å². The van der Waals surface area contributed by atoms with Gasteiger partial charge in [-0.2, -0.15) is 0 Å². The van der Waals surface area contributed by atoms with Gasteiger partial charge in [-0.1, -0.05) is 0 Å². The number of anilines is 1. The van der Waals surface area contributed by atoms with Gasteiger partial charge < -0.3 is 40.8 Å². The van der Waals surface area contributed by atoms with Crippen LogP contribution in [0.1, 0.15) is 0 Å². The quantitative estimate of drug-likeness (QED) is 0.252. The highest BCUT2D eigenvalue weighted by Gasteiger charge is 2.43. The minimum Gasteiger partial charge on any atom is -0.394 e. The molecule has 0 unspecified atom stereocenters. The van der Waals surface area contributed by atoms with Crippen LogP contribution in [0.2, 0.25) is 0 Å². The van der Waals surface area contributed by atoms with Crippen molar-refractivity contribution in [2.24, 2.45) is 0 Å². The number of aromatic nitrogens is 2. The lowest BCUT2D eigenvalue weighted by atomic mass is 9.97. The van der Waals surface area contributed by atoms with Crippen LogP contribution in [-0.4, -0.2) is 72.8 Å². The van der Waals surface area contributed by atoms with Crippen molar-refractivity contribution in [3.8, 4) is 0 Å². The van der Waals surface area contributed by atoms with Gasteiger partial charge in [-0.05, 0) is 12.2 Å². The van der Waals surface area contributed by atoms with Crippen LogP contribution in [0.25, 0.3) is 0 Å². The van der Waals surface area contributed by atoms with Crippen molar-refractivity contribution in [2.45, 2.75) is 30.6 Å². The molecule has 2 heterocycles. The molecule has 1 aromatic heterocycles. The van der Waals surface area contributed by atoms with Gasteiger partial charge in [-0.25, -0.2) is 4.79 Å². The summed E-state index contributed by atoms with van der Waals surface area (Å²) in [4.78, 5) is 26.6. The van der Waals surface area contributed by atoms with E-state index in [1.807, 2.05) is 4.98 Å². The van der Waals surface area contributed by atoms with Crippen LogP contribution >= 0.6 is 12.2 Å². The molecule has 12 heteroatoms. The summed E-state index contributed by atoms with van der Waals surface area (Å²) < 4.78 is 4.95. The molecule has 1 aliphatic heterocycles. The summed E-state index contributed by atoms with van der Waals surface area (Å²) in [6.45, 7) is -0.586. The van der Waals surface area contributed by atoms with E-state index >= 15 is 0 Å². The van der Waals surface area contributed by atoms with Crippen molar-refractivity contribution in [1.29, 1.82) is 0 Å². The predicted molar refractivity (Wildman–Crippen MR) is 80.8 cm³/mol. The lowest BCUT2D eigenvalue weighted by molar-refractivity contribution is -0.251. The van der Waals surface area contributed by atoms with Gasteiger partial charge in [-0.15, -0.1) is 0 Å². The number of nitrogens with one attached hydrogen (secondary N) is 4. The second-order valence-corrected chi connectivity index (χ2v) is 5.25. The number of aliphatic hydroxyl groups excluding tert-OH is 4. The molecular formula is C11H16N4O7S. The number of H-pyrrole nitrogens is 2. The topological polar surface area (TPSA) is 180 Å². The molecule has 1 fully saturated rings. The van der Waals surface area contributed by atoms with Gasteiger partial charge in [0.25, 0.3) is 5.56 Å². The van der Waals surface area contributed by atoms with E-state index in [1.165, 1.54) is 0 Å². The lowest BCUT2D eigenvalue weighted by Crippen LogP contribution is -2.64. The third-order valence-electron chi connectivity index (χ3n) is 3.27. The number of aromatic amines is 2. The Labute approximate surface area is 133 Å². The molecule has 0 aromatic carbocycles. The Bertz CT molecular complexity index is 677. The number of ether oxygens (including phenoxy) is 1. The Morgan fingerprint density at radius 1 is 1.30 bits per heavy atom. The lowest BCUT2D eigenvalue weighted by Gasteiger charge is -2.40. The van der Waals surface area contributed by atoms with Crippen molar-refractivity contribution >= 4 is 23.0 Å². The Kier molecular flexibility index (Phi) is 5.46. The first-order chi connectivity index (χ1) is 10.8. The normalized spacial score (nSPS) is 30.7. The second kappa shape index (κ2) is 7.16. The van der Waals surface area contributed by atoms with Gasteiger partial charge >= 0.3 is 5.69 Å². The third kappa shape index (κ3) is 3.93. The number of hydrogen-bond acceptors (Lipinski definition) is 8. The summed E-state index contributed by atoms with van der Waals surface area (Å²) in [5.74, 6) is 0. The van der Waals surface area contributed by atoms with E-state index < -0.39 is 48.5 Å². The number of rotatable bonds is 3. The van der Waals surface area contributed by atoms with E-state index in [9.17, 15) is 24.9 Å². The van der Waals surface area contributed by atoms with E-state index in [4.69, 9.17) is 22.1 Å². The average molecular weight is 348 g/mol. The van der Waals surface area contributed by atoms with Crippen LogP contribution in [-0.2, 0) is 4.74 Å². The maximum absolute atomic E-state index is 11.5. The molecule has 2 rings (SSSR count). The molecule has 0 saturated carbocycles. The van der Waals surface area contributed by atoms with Gasteiger partial charge in [0, 0.05) is 6.20 Å². The van der Waals surface area contributed by atoms with Crippen molar-refractivity contribution in [1.82, 2.24) is 15.3 Å². The van der Waals surface area contributed by atoms with Gasteiger partial charge in [0.2, 0.25) is 0 Å². The summed E-state index contributed by atoms with van der Waals surface area (Å²) in [7, 11) is 0. The highest BCUT2D eigenvalue weighted by molar-refractivity contribution is 7.80. The maximum atomic E-state index is 11.5. The number of hydrogen-bond donors (Lipinski definition) is 8. The number of aliphatic hydroxyl groups is 4. The third-order valence-corrected chi connectivity index (χ3v) is 3.49. The molecule has 8 N–H and O–H groups in total. The van der Waals surface area contributed by atoms with E-state index in [0.29, 0.717) is 0 Å². The molecule has 0 spiro atoms. The fourth-order valence-corrected chi connectivity index (χ4v) is 2.31. The summed E-state index contributed by atoms with van der Waals surface area (Å²) in [5.41, 5.74) is -1.49. The van der Waals surface area contributed by atoms with Crippen LogP contribution in [0, 0.1) is 0 Å². The van der Waals surface area contributed by atoms with E-state index in [1.54, 1.807) is 0 Å². The zero-order valence-electron chi connectivity index (χ0n) is 11.6. The Balaban J connectivity index is 2.04. The van der Waals surface area contributed by atoms with Crippen molar-refractivity contribution in [3.63, 3.8) is 0 Å². The molecule has 0 bridgehead atoms. The summed E-state index contributed by atoms with van der Waals surface area (Å²) in [6, 6.07) is -1.20. The van der Waals surface area contributed by atoms with Crippen LogP contribution in [0.5, 0.6) is 0 Å². The van der Waals surface area contributed by atoms with Gasteiger partial charge in [0.05, 0.1) is 6.61 Å². The SMILES string of the molecule is O=c1[nH]cc(NC(=S)N[C@@H]2[C@H](O)[C@H](O)[C@H](CO)O[C@@H]2O)c(=O)[nH]1. The first-order valence-corrected chi connectivity index (χ1v) is 6.94. The minimum absolute atomic E-state index is 0.0726. The molecule has 0 amide bonds. The Morgan fingerprint density at radius 3 is 2.61 bits per heavy atom. The standard InChI is InChI=1S/C11H16N4O7S/c16-2-4-6(17)7(18)5(9(20)22-4)14-11(23)13-3-1-12-10(21)15-8(3)19/h1,4-7,9,16-18,20H,2H2,(H2,13,14,23)(H2,12,15,19,21)/t4-,5+,6+,7-,9-/m0/s1. The maximum Gasteiger partial charge on any atom is 0.325 e. The van der Waals surface area contributed by atoms with Crippen molar-refractivity contribution < 1.29 is 25.2 Å². The van der Waals surface area contributed by atoms with Crippen LogP contribution in [0.3, 0.4) is 0 Å².